The van der Waals surface area contributed by atoms with Gasteiger partial charge in [0.1, 0.15) is 16.7 Å². The van der Waals surface area contributed by atoms with Crippen LogP contribution < -0.4 is 20.7 Å². The van der Waals surface area contributed by atoms with E-state index in [1.807, 2.05) is 78.9 Å². The fourth-order valence-corrected chi connectivity index (χ4v) is 5.72. The van der Waals surface area contributed by atoms with Crippen molar-refractivity contribution >= 4 is 62.9 Å². The molecule has 1 atom stereocenters. The Hall–Kier alpha value is -5.12. The van der Waals surface area contributed by atoms with Crippen LogP contribution in [-0.4, -0.2) is 24.8 Å². The van der Waals surface area contributed by atoms with Crippen molar-refractivity contribution in [1.29, 1.82) is 0 Å². The van der Waals surface area contributed by atoms with Gasteiger partial charge in [-0.1, -0.05) is 76.6 Å². The second-order valence-electron chi connectivity index (χ2n) is 10.0. The Balaban J connectivity index is 1.33. The van der Waals surface area contributed by atoms with Crippen LogP contribution in [0, 0.1) is 0 Å². The Morgan fingerprint density at radius 3 is 2.04 bits per heavy atom. The van der Waals surface area contributed by atoms with Crippen LogP contribution in [0.25, 0.3) is 6.08 Å². The van der Waals surface area contributed by atoms with Gasteiger partial charge in [-0.2, -0.15) is 0 Å². The average molecular weight is 693 g/mol. The molecule has 0 fully saturated rings. The van der Waals surface area contributed by atoms with Gasteiger partial charge in [0.2, 0.25) is 5.91 Å². The third kappa shape index (κ3) is 8.97. The Labute approximate surface area is 280 Å². The smallest absolute Gasteiger partial charge is 0.272 e. The summed E-state index contributed by atoms with van der Waals surface area (Å²) in [6.45, 7) is 0. The molecule has 0 spiro atoms. The number of ether oxygens (including phenoxy) is 1. The molecule has 9 heteroatoms. The second-order valence-corrected chi connectivity index (χ2v) is 12.1. The molecule has 0 aliphatic heterocycles. The maximum atomic E-state index is 13.5. The van der Waals surface area contributed by atoms with Crippen LogP contribution in [0.4, 0.5) is 11.4 Å². The van der Waals surface area contributed by atoms with Crippen LogP contribution in [-0.2, 0) is 9.59 Å². The molecule has 5 aromatic rings. The maximum absolute atomic E-state index is 13.5. The van der Waals surface area contributed by atoms with Crippen LogP contribution in [0.3, 0.4) is 0 Å². The number of anilines is 2. The molecule has 0 radical (unpaired) electrons. The zero-order chi connectivity index (χ0) is 32.3. The van der Waals surface area contributed by atoms with Crippen molar-refractivity contribution in [3.63, 3.8) is 0 Å². The summed E-state index contributed by atoms with van der Waals surface area (Å²) in [5.41, 5.74) is 3.25. The molecule has 3 N–H and O–H groups in total. The van der Waals surface area contributed by atoms with Gasteiger partial charge in [0.25, 0.3) is 11.8 Å². The zero-order valence-corrected chi connectivity index (χ0v) is 27.2. The summed E-state index contributed by atoms with van der Waals surface area (Å²) in [5, 5.41) is 8.11. The lowest BCUT2D eigenvalue weighted by Crippen LogP contribution is -2.30. The predicted octanol–water partition coefficient (Wildman–Crippen LogP) is 8.34. The number of rotatable bonds is 11. The van der Waals surface area contributed by atoms with Gasteiger partial charge in [0.05, 0.1) is 7.11 Å². The first-order chi connectivity index (χ1) is 22.4. The van der Waals surface area contributed by atoms with E-state index in [9.17, 15) is 14.4 Å². The molecule has 0 heterocycles. The van der Waals surface area contributed by atoms with E-state index in [1.165, 1.54) is 11.8 Å². The molecule has 3 amide bonds. The molecular formula is C37H30BrN3O4S. The second kappa shape index (κ2) is 15.7. The van der Waals surface area contributed by atoms with Crippen molar-refractivity contribution in [1.82, 2.24) is 5.32 Å². The highest BCUT2D eigenvalue weighted by molar-refractivity contribution is 9.10. The van der Waals surface area contributed by atoms with Crippen molar-refractivity contribution in [2.24, 2.45) is 0 Å². The highest BCUT2D eigenvalue weighted by Crippen LogP contribution is 2.37. The first-order valence-electron chi connectivity index (χ1n) is 14.3. The first-order valence-corrected chi connectivity index (χ1v) is 16.0. The van der Waals surface area contributed by atoms with Gasteiger partial charge < -0.3 is 20.7 Å². The van der Waals surface area contributed by atoms with Crippen LogP contribution in [0.15, 0.2) is 149 Å². The van der Waals surface area contributed by atoms with E-state index in [-0.39, 0.29) is 11.6 Å². The molecule has 0 aromatic heterocycles. The van der Waals surface area contributed by atoms with Crippen LogP contribution in [0.2, 0.25) is 0 Å². The molecule has 46 heavy (non-hydrogen) atoms. The molecule has 0 bridgehead atoms. The molecule has 1 unspecified atom stereocenters. The summed E-state index contributed by atoms with van der Waals surface area (Å²) < 4.78 is 6.24. The van der Waals surface area contributed by atoms with Crippen molar-refractivity contribution in [3.05, 3.63) is 160 Å². The highest BCUT2D eigenvalue weighted by Gasteiger charge is 2.22. The van der Waals surface area contributed by atoms with Gasteiger partial charge in [0.15, 0.2) is 0 Å². The molecule has 5 aromatic carbocycles. The topological polar surface area (TPSA) is 96.5 Å². The van der Waals surface area contributed by atoms with E-state index in [0.29, 0.717) is 28.3 Å². The predicted molar refractivity (Wildman–Crippen MR) is 188 cm³/mol. The van der Waals surface area contributed by atoms with Gasteiger partial charge in [-0.3, -0.25) is 14.4 Å². The molecule has 7 nitrogen and oxygen atoms in total. The number of methoxy groups -OCH3 is 1. The molecule has 0 aliphatic rings. The number of hydrogen-bond acceptors (Lipinski definition) is 5. The Bertz CT molecular complexity index is 1830. The lowest BCUT2D eigenvalue weighted by Gasteiger charge is -2.17. The van der Waals surface area contributed by atoms with Crippen molar-refractivity contribution in [2.45, 2.75) is 10.1 Å². The van der Waals surface area contributed by atoms with Crippen LogP contribution >= 0.6 is 27.7 Å². The summed E-state index contributed by atoms with van der Waals surface area (Å²) in [7, 11) is 1.56. The lowest BCUT2D eigenvalue weighted by atomic mass is 10.1. The minimum absolute atomic E-state index is 0.0642. The van der Waals surface area contributed by atoms with Crippen molar-refractivity contribution in [3.8, 4) is 5.75 Å². The standard InChI is InChI=1S/C37H30BrN3O4S/c1-45-31-14-8-9-25(23-31)24-33(41-35(42)27-12-6-3-7-13-27)36(43)39-30-19-21-32(22-20-30)46-34(26-10-4-2-5-11-26)37(44)40-29-17-15-28(38)16-18-29/h2-24,34H,1H3,(H,39,43)(H,40,44)(H,41,42)/b33-24-. The van der Waals surface area contributed by atoms with Gasteiger partial charge in [-0.05, 0) is 90.0 Å². The number of hydrogen-bond donors (Lipinski definition) is 3. The molecule has 0 saturated heterocycles. The minimum Gasteiger partial charge on any atom is -0.497 e. The molecule has 5 rings (SSSR count). The van der Waals surface area contributed by atoms with Gasteiger partial charge in [-0.15, -0.1) is 11.8 Å². The average Bonchev–Trinajstić information content (AvgIpc) is 3.09. The molecule has 230 valence electrons. The summed E-state index contributed by atoms with van der Waals surface area (Å²) >= 11 is 4.82. The lowest BCUT2D eigenvalue weighted by molar-refractivity contribution is -0.116. The third-order valence-electron chi connectivity index (χ3n) is 6.75. The molecule has 0 saturated carbocycles. The van der Waals surface area contributed by atoms with E-state index in [4.69, 9.17) is 4.74 Å². The summed E-state index contributed by atoms with van der Waals surface area (Å²) in [5.74, 6) is -0.443. The van der Waals surface area contributed by atoms with E-state index >= 15 is 0 Å². The third-order valence-corrected chi connectivity index (χ3v) is 8.55. The number of halogens is 1. The quantitative estimate of drug-likeness (QED) is 0.0956. The van der Waals surface area contributed by atoms with Crippen LogP contribution in [0.5, 0.6) is 5.75 Å². The number of benzene rings is 5. The monoisotopic (exact) mass is 691 g/mol. The summed E-state index contributed by atoms with van der Waals surface area (Å²) in [4.78, 5) is 40.7. The highest BCUT2D eigenvalue weighted by atomic mass is 79.9. The van der Waals surface area contributed by atoms with Crippen molar-refractivity contribution in [2.75, 3.05) is 17.7 Å². The number of carbonyl (C=O) groups excluding carboxylic acids is 3. The zero-order valence-electron chi connectivity index (χ0n) is 24.8. The van der Waals surface area contributed by atoms with Gasteiger partial charge >= 0.3 is 0 Å². The minimum atomic E-state index is -0.518. The molecule has 0 aliphatic carbocycles. The fraction of sp³-hybridized carbons (Fsp3) is 0.0541. The van der Waals surface area contributed by atoms with Gasteiger partial charge in [-0.25, -0.2) is 0 Å². The van der Waals surface area contributed by atoms with Crippen LogP contribution in [0.1, 0.15) is 26.7 Å². The van der Waals surface area contributed by atoms with E-state index in [2.05, 4.69) is 31.9 Å². The Kier molecular flexibility index (Phi) is 11.0. The largest absolute Gasteiger partial charge is 0.497 e. The van der Waals surface area contributed by atoms with Crippen molar-refractivity contribution < 1.29 is 19.1 Å². The summed E-state index contributed by atoms with van der Waals surface area (Å²) in [6.07, 6.45) is 1.59. The fourth-order valence-electron chi connectivity index (χ4n) is 4.43. The molecular weight excluding hydrogens is 662 g/mol. The number of thioether (sulfide) groups is 1. The van der Waals surface area contributed by atoms with E-state index in [1.54, 1.807) is 67.8 Å². The number of nitrogens with one attached hydrogen (secondary N) is 3. The SMILES string of the molecule is COc1cccc(/C=C(\NC(=O)c2ccccc2)C(=O)Nc2ccc(SC(C(=O)Nc3ccc(Br)cc3)c3ccccc3)cc2)c1. The maximum Gasteiger partial charge on any atom is 0.272 e. The number of amides is 3. The van der Waals surface area contributed by atoms with Gasteiger partial charge in [0, 0.05) is 26.3 Å². The summed E-state index contributed by atoms with van der Waals surface area (Å²) in [6, 6.07) is 40.1. The normalized spacial score (nSPS) is 11.7. The first kappa shape index (κ1) is 32.3. The van der Waals surface area contributed by atoms with E-state index < -0.39 is 17.1 Å². The number of carbonyl (C=O) groups is 3. The van der Waals surface area contributed by atoms with E-state index in [0.717, 1.165) is 14.9 Å². The Morgan fingerprint density at radius 2 is 1.37 bits per heavy atom. The Morgan fingerprint density at radius 1 is 0.739 bits per heavy atom.